The van der Waals surface area contributed by atoms with E-state index in [9.17, 15) is 8.78 Å². The van der Waals surface area contributed by atoms with Gasteiger partial charge in [-0.05, 0) is 55.8 Å². The Labute approximate surface area is 150 Å². The predicted molar refractivity (Wildman–Crippen MR) is 97.6 cm³/mol. The lowest BCUT2D eigenvalue weighted by molar-refractivity contribution is 0.219. The summed E-state index contributed by atoms with van der Waals surface area (Å²) in [7, 11) is 2.11. The van der Waals surface area contributed by atoms with Crippen molar-refractivity contribution in [1.82, 2.24) is 9.47 Å². The number of hydrogen-bond acceptors (Lipinski definition) is 1. The smallest absolute Gasteiger partial charge is 0.160 e. The largest absolute Gasteiger partial charge is 0.312 e. The molecule has 2 heterocycles. The van der Waals surface area contributed by atoms with E-state index in [1.807, 2.05) is 18.2 Å². The topological polar surface area (TPSA) is 8.17 Å². The van der Waals surface area contributed by atoms with Crippen LogP contribution in [-0.2, 0) is 6.42 Å². The van der Waals surface area contributed by atoms with Crippen molar-refractivity contribution in [2.24, 2.45) is 0 Å². The van der Waals surface area contributed by atoms with Crippen molar-refractivity contribution in [3.63, 3.8) is 0 Å². The highest BCUT2D eigenvalue weighted by Crippen LogP contribution is 2.40. The van der Waals surface area contributed by atoms with Crippen LogP contribution in [0.3, 0.4) is 0 Å². The van der Waals surface area contributed by atoms with E-state index in [1.165, 1.54) is 17.7 Å². The van der Waals surface area contributed by atoms with Gasteiger partial charge in [0.1, 0.15) is 0 Å². The average molecular weight is 361 g/mol. The third kappa shape index (κ3) is 2.55. The molecule has 5 heteroatoms. The highest BCUT2D eigenvalue weighted by Gasteiger charge is 2.30. The van der Waals surface area contributed by atoms with E-state index in [4.69, 9.17) is 11.6 Å². The van der Waals surface area contributed by atoms with Crippen LogP contribution in [0.5, 0.6) is 0 Å². The molecule has 1 aromatic heterocycles. The Kier molecular flexibility index (Phi) is 4.05. The monoisotopic (exact) mass is 360 g/mol. The van der Waals surface area contributed by atoms with Gasteiger partial charge in [-0.25, -0.2) is 8.78 Å². The predicted octanol–water partition coefficient (Wildman–Crippen LogP) is 5.50. The minimum absolute atomic E-state index is 0.225. The molecular weight excluding hydrogens is 342 g/mol. The fraction of sp³-hybridized carbons (Fsp3) is 0.300. The molecule has 0 saturated carbocycles. The molecule has 1 unspecified atom stereocenters. The molecule has 0 fully saturated rings. The molecular formula is C20H19ClF2N2. The van der Waals surface area contributed by atoms with Gasteiger partial charge in [0.25, 0.3) is 0 Å². The standard InChI is InChI=1S/C20H19ClF2N2/c1-3-18-20-14(8-9-24(18)2)15-10-12(21)4-7-19(15)25(20)13-5-6-16(22)17(23)11-13/h4-7,10-11,18H,3,8-9H2,1-2H3. The van der Waals surface area contributed by atoms with Crippen LogP contribution >= 0.6 is 11.6 Å². The van der Waals surface area contributed by atoms with Crippen LogP contribution < -0.4 is 0 Å². The summed E-state index contributed by atoms with van der Waals surface area (Å²) in [6.07, 6.45) is 1.85. The summed E-state index contributed by atoms with van der Waals surface area (Å²) in [5, 5.41) is 1.78. The number of rotatable bonds is 2. The molecule has 1 atom stereocenters. The molecule has 3 aromatic rings. The maximum atomic E-state index is 13.9. The van der Waals surface area contributed by atoms with Gasteiger partial charge in [-0.2, -0.15) is 0 Å². The van der Waals surface area contributed by atoms with Crippen molar-refractivity contribution in [3.05, 3.63) is 64.3 Å². The lowest BCUT2D eigenvalue weighted by atomic mass is 9.96. The molecule has 130 valence electrons. The summed E-state index contributed by atoms with van der Waals surface area (Å²) in [6.45, 7) is 3.12. The van der Waals surface area contributed by atoms with Crippen molar-refractivity contribution in [2.75, 3.05) is 13.6 Å². The van der Waals surface area contributed by atoms with Gasteiger partial charge in [0, 0.05) is 34.4 Å². The van der Waals surface area contributed by atoms with Crippen LogP contribution in [0.25, 0.3) is 16.6 Å². The van der Waals surface area contributed by atoms with Gasteiger partial charge < -0.3 is 4.57 Å². The molecule has 2 aromatic carbocycles. The Hall–Kier alpha value is -1.91. The lowest BCUT2D eigenvalue weighted by Crippen LogP contribution is -2.32. The second kappa shape index (κ2) is 6.11. The number of benzene rings is 2. The van der Waals surface area contributed by atoms with E-state index in [0.717, 1.165) is 36.0 Å². The van der Waals surface area contributed by atoms with E-state index in [2.05, 4.69) is 23.4 Å². The maximum Gasteiger partial charge on any atom is 0.160 e. The third-order valence-corrected chi connectivity index (χ3v) is 5.42. The second-order valence-corrected chi connectivity index (χ2v) is 7.05. The number of likely N-dealkylation sites (N-methyl/N-ethyl adjacent to an activating group) is 1. The summed E-state index contributed by atoms with van der Waals surface area (Å²) in [4.78, 5) is 2.32. The fourth-order valence-electron chi connectivity index (χ4n) is 4.02. The Balaban J connectivity index is 2.08. The average Bonchev–Trinajstić information content (AvgIpc) is 2.91. The maximum absolute atomic E-state index is 13.9. The number of fused-ring (bicyclic) bond motifs is 3. The zero-order chi connectivity index (χ0) is 17.7. The van der Waals surface area contributed by atoms with Gasteiger partial charge in [-0.3, -0.25) is 4.90 Å². The fourth-order valence-corrected chi connectivity index (χ4v) is 4.19. The molecule has 1 aliphatic rings. The van der Waals surface area contributed by atoms with Crippen LogP contribution in [0.1, 0.15) is 30.6 Å². The zero-order valence-electron chi connectivity index (χ0n) is 14.2. The van der Waals surface area contributed by atoms with E-state index in [1.54, 1.807) is 6.07 Å². The Morgan fingerprint density at radius 3 is 2.64 bits per heavy atom. The number of hydrogen-bond donors (Lipinski definition) is 0. The minimum atomic E-state index is -0.834. The van der Waals surface area contributed by atoms with Gasteiger partial charge in [0.05, 0.1) is 11.6 Å². The molecule has 0 aliphatic carbocycles. The first-order valence-corrected chi connectivity index (χ1v) is 8.87. The van der Waals surface area contributed by atoms with Gasteiger partial charge in [0.15, 0.2) is 11.6 Å². The third-order valence-electron chi connectivity index (χ3n) is 5.18. The molecule has 1 aliphatic heterocycles. The zero-order valence-corrected chi connectivity index (χ0v) is 14.9. The Morgan fingerprint density at radius 1 is 1.12 bits per heavy atom. The molecule has 4 rings (SSSR count). The van der Waals surface area contributed by atoms with Crippen molar-refractivity contribution < 1.29 is 8.78 Å². The minimum Gasteiger partial charge on any atom is -0.312 e. The first kappa shape index (κ1) is 16.6. The normalized spacial score (nSPS) is 17.9. The Morgan fingerprint density at radius 2 is 1.92 bits per heavy atom. The molecule has 0 bridgehead atoms. The van der Waals surface area contributed by atoms with Crippen LogP contribution in [0.2, 0.25) is 5.02 Å². The molecule has 0 saturated heterocycles. The van der Waals surface area contributed by atoms with Crippen LogP contribution in [0.15, 0.2) is 36.4 Å². The quantitative estimate of drug-likeness (QED) is 0.585. The van der Waals surface area contributed by atoms with Gasteiger partial charge >= 0.3 is 0 Å². The van der Waals surface area contributed by atoms with Crippen LogP contribution in [0, 0.1) is 11.6 Å². The summed E-state index contributed by atoms with van der Waals surface area (Å²) < 4.78 is 29.4. The van der Waals surface area contributed by atoms with Crippen molar-refractivity contribution in [3.8, 4) is 5.69 Å². The summed E-state index contributed by atoms with van der Waals surface area (Å²) in [5.74, 6) is -1.67. The molecule has 2 nitrogen and oxygen atoms in total. The second-order valence-electron chi connectivity index (χ2n) is 6.61. The van der Waals surface area contributed by atoms with Crippen molar-refractivity contribution in [1.29, 1.82) is 0 Å². The first-order valence-electron chi connectivity index (χ1n) is 8.49. The number of nitrogens with zero attached hydrogens (tertiary/aromatic N) is 2. The summed E-state index contributed by atoms with van der Waals surface area (Å²) >= 11 is 6.23. The summed E-state index contributed by atoms with van der Waals surface area (Å²) in [6, 6.07) is 10.1. The van der Waals surface area contributed by atoms with Gasteiger partial charge in [-0.15, -0.1) is 0 Å². The van der Waals surface area contributed by atoms with E-state index in [0.29, 0.717) is 10.7 Å². The first-order chi connectivity index (χ1) is 12.0. The van der Waals surface area contributed by atoms with E-state index >= 15 is 0 Å². The Bertz CT molecular complexity index is 964. The van der Waals surface area contributed by atoms with E-state index in [-0.39, 0.29) is 6.04 Å². The molecule has 0 spiro atoms. The van der Waals surface area contributed by atoms with Crippen LogP contribution in [0.4, 0.5) is 8.78 Å². The molecule has 0 N–H and O–H groups in total. The molecule has 0 amide bonds. The number of aromatic nitrogens is 1. The highest BCUT2D eigenvalue weighted by atomic mass is 35.5. The summed E-state index contributed by atoms with van der Waals surface area (Å²) in [5.41, 5.74) is 4.03. The molecule has 25 heavy (non-hydrogen) atoms. The SMILES string of the molecule is CCC1c2c(c3cc(Cl)ccc3n2-c2ccc(F)c(F)c2)CCN1C. The van der Waals surface area contributed by atoms with Crippen molar-refractivity contribution in [2.45, 2.75) is 25.8 Å². The lowest BCUT2D eigenvalue weighted by Gasteiger charge is -2.33. The van der Waals surface area contributed by atoms with Crippen LogP contribution in [-0.4, -0.2) is 23.1 Å². The number of halogens is 3. The van der Waals surface area contributed by atoms with Gasteiger partial charge in [-0.1, -0.05) is 18.5 Å². The van der Waals surface area contributed by atoms with Gasteiger partial charge in [0.2, 0.25) is 0 Å². The highest BCUT2D eigenvalue weighted by molar-refractivity contribution is 6.31. The van der Waals surface area contributed by atoms with Crippen molar-refractivity contribution >= 4 is 22.5 Å². The van der Waals surface area contributed by atoms with E-state index < -0.39 is 11.6 Å². The molecule has 0 radical (unpaired) electrons.